The molecule has 0 heterocycles. The van der Waals surface area contributed by atoms with Crippen molar-refractivity contribution in [3.8, 4) is 5.75 Å². The van der Waals surface area contributed by atoms with Crippen molar-refractivity contribution in [3.63, 3.8) is 0 Å². The molecule has 0 aliphatic heterocycles. The van der Waals surface area contributed by atoms with Gasteiger partial charge in [0.15, 0.2) is 6.61 Å². The summed E-state index contributed by atoms with van der Waals surface area (Å²) in [4.78, 5) is 35.6. The standard InChI is InChI=1S/C22H27N3O4/c1-3-16(2)18-11-7-8-12-19(18)29-15-22(28)25-24-21(27)14-13-20(26)23-17-9-5-4-6-10-17/h4-12,16H,3,13-15H2,1-2H3,(H,23,26)(H,24,27)(H,25,28). The molecule has 0 spiro atoms. The number of anilines is 1. The lowest BCUT2D eigenvalue weighted by molar-refractivity contribution is -0.130. The Morgan fingerprint density at radius 1 is 0.862 bits per heavy atom. The maximum atomic E-state index is 11.9. The second kappa shape index (κ2) is 11.5. The van der Waals surface area contributed by atoms with Crippen LogP contribution < -0.4 is 20.9 Å². The van der Waals surface area contributed by atoms with E-state index in [1.807, 2.05) is 30.3 Å². The van der Waals surface area contributed by atoms with Crippen LogP contribution >= 0.6 is 0 Å². The van der Waals surface area contributed by atoms with E-state index in [-0.39, 0.29) is 25.4 Å². The van der Waals surface area contributed by atoms with Crippen LogP contribution in [0.5, 0.6) is 5.75 Å². The number of hydrogen-bond acceptors (Lipinski definition) is 4. The van der Waals surface area contributed by atoms with Gasteiger partial charge in [-0.15, -0.1) is 0 Å². The Morgan fingerprint density at radius 3 is 2.21 bits per heavy atom. The molecule has 29 heavy (non-hydrogen) atoms. The molecule has 154 valence electrons. The van der Waals surface area contributed by atoms with Crippen molar-refractivity contribution in [2.45, 2.75) is 39.0 Å². The van der Waals surface area contributed by atoms with Gasteiger partial charge in [0, 0.05) is 18.5 Å². The largest absolute Gasteiger partial charge is 0.483 e. The third kappa shape index (κ3) is 7.65. The first-order valence-electron chi connectivity index (χ1n) is 9.64. The normalized spacial score (nSPS) is 11.2. The van der Waals surface area contributed by atoms with Crippen molar-refractivity contribution in [1.82, 2.24) is 10.9 Å². The highest BCUT2D eigenvalue weighted by atomic mass is 16.5. The van der Waals surface area contributed by atoms with Gasteiger partial charge < -0.3 is 10.1 Å². The highest BCUT2D eigenvalue weighted by Gasteiger charge is 2.12. The average molecular weight is 397 g/mol. The molecule has 7 nitrogen and oxygen atoms in total. The molecule has 0 radical (unpaired) electrons. The van der Waals surface area contributed by atoms with Gasteiger partial charge in [-0.1, -0.05) is 50.2 Å². The molecule has 0 aliphatic rings. The second-order valence-electron chi connectivity index (χ2n) is 6.65. The summed E-state index contributed by atoms with van der Waals surface area (Å²) >= 11 is 0. The summed E-state index contributed by atoms with van der Waals surface area (Å²) in [5.74, 6) is -0.243. The number of hydrazine groups is 1. The van der Waals surface area contributed by atoms with Gasteiger partial charge in [-0.25, -0.2) is 0 Å². The molecule has 0 aromatic heterocycles. The number of ether oxygens (including phenoxy) is 1. The molecule has 0 bridgehead atoms. The topological polar surface area (TPSA) is 96.5 Å². The molecule has 0 saturated heterocycles. The Labute approximate surface area is 170 Å². The summed E-state index contributed by atoms with van der Waals surface area (Å²) in [5.41, 5.74) is 6.29. The maximum absolute atomic E-state index is 11.9. The molecule has 3 amide bonds. The van der Waals surface area contributed by atoms with E-state index in [2.05, 4.69) is 30.0 Å². The molecular formula is C22H27N3O4. The molecule has 0 saturated carbocycles. The van der Waals surface area contributed by atoms with E-state index in [1.165, 1.54) is 0 Å². The van der Waals surface area contributed by atoms with Crippen molar-refractivity contribution in [3.05, 3.63) is 60.2 Å². The van der Waals surface area contributed by atoms with Gasteiger partial charge >= 0.3 is 0 Å². The highest BCUT2D eigenvalue weighted by molar-refractivity contribution is 5.93. The first kappa shape index (κ1) is 21.9. The number of hydrogen-bond donors (Lipinski definition) is 3. The van der Waals surface area contributed by atoms with Crippen LogP contribution in [0, 0.1) is 0 Å². The molecule has 2 aromatic carbocycles. The van der Waals surface area contributed by atoms with Gasteiger partial charge in [0.1, 0.15) is 5.75 Å². The first-order valence-corrected chi connectivity index (χ1v) is 9.64. The molecule has 0 aliphatic carbocycles. The van der Waals surface area contributed by atoms with Crippen molar-refractivity contribution in [2.75, 3.05) is 11.9 Å². The fraction of sp³-hybridized carbons (Fsp3) is 0.318. The van der Waals surface area contributed by atoms with E-state index in [1.54, 1.807) is 24.3 Å². The molecule has 2 rings (SSSR count). The van der Waals surface area contributed by atoms with Crippen molar-refractivity contribution in [2.24, 2.45) is 0 Å². The fourth-order valence-corrected chi connectivity index (χ4v) is 2.59. The van der Waals surface area contributed by atoms with Crippen LogP contribution in [0.25, 0.3) is 0 Å². The summed E-state index contributed by atoms with van der Waals surface area (Å²) in [5, 5.41) is 2.69. The first-order chi connectivity index (χ1) is 14.0. The van der Waals surface area contributed by atoms with Gasteiger partial charge in [-0.05, 0) is 36.1 Å². The molecule has 1 atom stereocenters. The number of nitrogens with one attached hydrogen (secondary N) is 3. The summed E-state index contributed by atoms with van der Waals surface area (Å²) in [7, 11) is 0. The van der Waals surface area contributed by atoms with E-state index in [4.69, 9.17) is 4.74 Å². The molecule has 3 N–H and O–H groups in total. The number of amides is 3. The van der Waals surface area contributed by atoms with Gasteiger partial charge in [-0.2, -0.15) is 0 Å². The highest BCUT2D eigenvalue weighted by Crippen LogP contribution is 2.28. The predicted octanol–water partition coefficient (Wildman–Crippen LogP) is 3.15. The number of para-hydroxylation sites is 2. The minimum atomic E-state index is -0.481. The average Bonchev–Trinajstić information content (AvgIpc) is 2.75. The lowest BCUT2D eigenvalue weighted by Gasteiger charge is -2.15. The summed E-state index contributed by atoms with van der Waals surface area (Å²) < 4.78 is 5.59. The number of carbonyl (C=O) groups is 3. The molecular weight excluding hydrogens is 370 g/mol. The van der Waals surface area contributed by atoms with Gasteiger partial charge in [0.05, 0.1) is 0 Å². The van der Waals surface area contributed by atoms with Gasteiger partial charge in [0.25, 0.3) is 5.91 Å². The Kier molecular flexibility index (Phi) is 8.69. The minimum absolute atomic E-state index is 0.00931. The van der Waals surface area contributed by atoms with E-state index >= 15 is 0 Å². The Morgan fingerprint density at radius 2 is 1.48 bits per heavy atom. The second-order valence-corrected chi connectivity index (χ2v) is 6.65. The van der Waals surface area contributed by atoms with Crippen LogP contribution in [0.15, 0.2) is 54.6 Å². The Bertz CT molecular complexity index is 824. The molecule has 7 heteroatoms. The van der Waals surface area contributed by atoms with E-state index in [0.717, 1.165) is 12.0 Å². The van der Waals surface area contributed by atoms with Crippen molar-refractivity contribution < 1.29 is 19.1 Å². The maximum Gasteiger partial charge on any atom is 0.276 e. The molecule has 0 fully saturated rings. The third-order valence-electron chi connectivity index (χ3n) is 4.40. The van der Waals surface area contributed by atoms with Crippen LogP contribution in [0.1, 0.15) is 44.6 Å². The number of carbonyl (C=O) groups excluding carboxylic acids is 3. The van der Waals surface area contributed by atoms with Crippen LogP contribution in [-0.4, -0.2) is 24.3 Å². The minimum Gasteiger partial charge on any atom is -0.483 e. The zero-order valence-electron chi connectivity index (χ0n) is 16.7. The number of rotatable bonds is 9. The summed E-state index contributed by atoms with van der Waals surface area (Å²) in [6, 6.07) is 16.6. The van der Waals surface area contributed by atoms with Crippen molar-refractivity contribution >= 4 is 23.4 Å². The zero-order chi connectivity index (χ0) is 21.1. The third-order valence-corrected chi connectivity index (χ3v) is 4.40. The van der Waals surface area contributed by atoms with E-state index in [9.17, 15) is 14.4 Å². The predicted molar refractivity (Wildman–Crippen MR) is 111 cm³/mol. The quantitative estimate of drug-likeness (QED) is 0.566. The van der Waals surface area contributed by atoms with Crippen LogP contribution in [-0.2, 0) is 14.4 Å². The van der Waals surface area contributed by atoms with Crippen LogP contribution in [0.2, 0.25) is 0 Å². The van der Waals surface area contributed by atoms with E-state index < -0.39 is 11.8 Å². The molecule has 1 unspecified atom stereocenters. The summed E-state index contributed by atoms with van der Waals surface area (Å²) in [6.07, 6.45) is 0.923. The Hall–Kier alpha value is -3.35. The lowest BCUT2D eigenvalue weighted by Crippen LogP contribution is -2.44. The van der Waals surface area contributed by atoms with Crippen LogP contribution in [0.4, 0.5) is 5.69 Å². The van der Waals surface area contributed by atoms with Gasteiger partial charge in [-0.3, -0.25) is 25.2 Å². The zero-order valence-corrected chi connectivity index (χ0v) is 16.7. The Balaban J connectivity index is 1.68. The monoisotopic (exact) mass is 397 g/mol. The van der Waals surface area contributed by atoms with Crippen molar-refractivity contribution in [1.29, 1.82) is 0 Å². The molecule has 2 aromatic rings. The number of benzene rings is 2. The lowest BCUT2D eigenvalue weighted by atomic mass is 9.98. The van der Waals surface area contributed by atoms with Crippen LogP contribution in [0.3, 0.4) is 0 Å². The smallest absolute Gasteiger partial charge is 0.276 e. The fourth-order valence-electron chi connectivity index (χ4n) is 2.59. The summed E-state index contributed by atoms with van der Waals surface area (Å²) in [6.45, 7) is 3.96. The van der Waals surface area contributed by atoms with E-state index in [0.29, 0.717) is 17.4 Å². The van der Waals surface area contributed by atoms with Gasteiger partial charge in [0.2, 0.25) is 11.8 Å². The SMILES string of the molecule is CCC(C)c1ccccc1OCC(=O)NNC(=O)CCC(=O)Nc1ccccc1.